The molecule has 0 saturated carbocycles. The van der Waals surface area contributed by atoms with Crippen molar-refractivity contribution in [2.45, 2.75) is 31.1 Å². The van der Waals surface area contributed by atoms with Crippen LogP contribution in [-0.4, -0.2) is 8.42 Å². The number of hydrogen-bond acceptors (Lipinski definition) is 3. The second kappa shape index (κ2) is 7.19. The third-order valence-electron chi connectivity index (χ3n) is 5.73. The third kappa shape index (κ3) is 3.25. The van der Waals surface area contributed by atoms with Gasteiger partial charge in [0, 0.05) is 33.2 Å². The van der Waals surface area contributed by atoms with E-state index in [2.05, 4.69) is 11.6 Å². The van der Waals surface area contributed by atoms with Crippen LogP contribution in [0.1, 0.15) is 24.7 Å². The molecule has 1 heterocycles. The SMILES string of the molecule is CC1CCc2oc3c(cc(NS(=O)(=O)c4cc(Cl)ccc4Cl)c4ccccc43)c2C1. The lowest BCUT2D eigenvalue weighted by molar-refractivity contribution is 0.439. The Kier molecular flexibility index (Phi) is 4.73. The van der Waals surface area contributed by atoms with E-state index < -0.39 is 10.0 Å². The minimum absolute atomic E-state index is 0.0521. The Labute approximate surface area is 184 Å². The molecule has 7 heteroatoms. The summed E-state index contributed by atoms with van der Waals surface area (Å²) in [5.41, 5.74) is 2.49. The Hall–Kier alpha value is -2.21. The van der Waals surface area contributed by atoms with Gasteiger partial charge in [0.25, 0.3) is 10.0 Å². The van der Waals surface area contributed by atoms with Crippen LogP contribution in [-0.2, 0) is 22.9 Å². The molecule has 1 unspecified atom stereocenters. The van der Waals surface area contributed by atoms with Gasteiger partial charge in [-0.25, -0.2) is 8.42 Å². The molecule has 0 amide bonds. The smallest absolute Gasteiger partial charge is 0.263 e. The Balaban J connectivity index is 1.72. The number of furan rings is 1. The minimum atomic E-state index is -3.94. The first kappa shape index (κ1) is 19.7. The highest BCUT2D eigenvalue weighted by Crippen LogP contribution is 2.41. The van der Waals surface area contributed by atoms with Crippen molar-refractivity contribution in [3.8, 4) is 0 Å². The van der Waals surface area contributed by atoms with E-state index in [0.717, 1.165) is 46.8 Å². The van der Waals surface area contributed by atoms with E-state index in [1.165, 1.54) is 17.7 Å². The summed E-state index contributed by atoms with van der Waals surface area (Å²) >= 11 is 12.2. The third-order valence-corrected chi connectivity index (χ3v) is 7.81. The maximum Gasteiger partial charge on any atom is 0.263 e. The number of anilines is 1. The van der Waals surface area contributed by atoms with Crippen molar-refractivity contribution in [2.75, 3.05) is 4.72 Å². The van der Waals surface area contributed by atoms with Crippen LogP contribution in [0.2, 0.25) is 10.0 Å². The van der Waals surface area contributed by atoms with Gasteiger partial charge in [-0.2, -0.15) is 0 Å². The molecule has 1 aromatic heterocycles. The fourth-order valence-electron chi connectivity index (χ4n) is 4.24. The molecule has 1 aliphatic carbocycles. The summed E-state index contributed by atoms with van der Waals surface area (Å²) in [6.45, 7) is 2.23. The van der Waals surface area contributed by atoms with E-state index in [1.807, 2.05) is 30.3 Å². The second-order valence-electron chi connectivity index (χ2n) is 7.88. The quantitative estimate of drug-likeness (QED) is 0.365. The maximum atomic E-state index is 13.2. The first-order valence-corrected chi connectivity index (χ1v) is 12.0. The van der Waals surface area contributed by atoms with E-state index in [-0.39, 0.29) is 9.92 Å². The van der Waals surface area contributed by atoms with Gasteiger partial charge in [0.1, 0.15) is 16.2 Å². The molecule has 5 rings (SSSR count). The molecule has 4 aromatic rings. The normalized spacial score (nSPS) is 16.7. The maximum absolute atomic E-state index is 13.2. The standard InChI is InChI=1S/C23H19Cl2NO3S/c1-13-6-9-21-17(10-13)18-12-20(15-4-2-3-5-16(15)23(18)29-21)26-30(27,28)22-11-14(24)7-8-19(22)25/h2-5,7-8,11-13,26H,6,9-10H2,1H3. The molecule has 1 N–H and O–H groups in total. The summed E-state index contributed by atoms with van der Waals surface area (Å²) in [4.78, 5) is -0.0521. The van der Waals surface area contributed by atoms with Gasteiger partial charge in [-0.05, 0) is 43.0 Å². The fourth-order valence-corrected chi connectivity index (χ4v) is 6.07. The van der Waals surface area contributed by atoms with Crippen molar-refractivity contribution in [1.82, 2.24) is 0 Å². The van der Waals surface area contributed by atoms with Crippen LogP contribution in [0.15, 0.2) is 57.8 Å². The van der Waals surface area contributed by atoms with Gasteiger partial charge in [0.15, 0.2) is 0 Å². The number of benzene rings is 3. The predicted octanol–water partition coefficient (Wildman–Crippen LogP) is 6.82. The molecule has 0 spiro atoms. The van der Waals surface area contributed by atoms with Crippen molar-refractivity contribution in [2.24, 2.45) is 5.92 Å². The van der Waals surface area contributed by atoms with Crippen LogP contribution in [0.4, 0.5) is 5.69 Å². The Bertz CT molecular complexity index is 1410. The molecule has 0 saturated heterocycles. The van der Waals surface area contributed by atoms with Gasteiger partial charge >= 0.3 is 0 Å². The molecule has 4 nitrogen and oxygen atoms in total. The molecule has 0 aliphatic heterocycles. The monoisotopic (exact) mass is 459 g/mol. The highest BCUT2D eigenvalue weighted by molar-refractivity contribution is 7.92. The molecule has 3 aromatic carbocycles. The average molecular weight is 460 g/mol. The Morgan fingerprint density at radius 3 is 2.60 bits per heavy atom. The van der Waals surface area contributed by atoms with Gasteiger partial charge in [-0.1, -0.05) is 54.4 Å². The van der Waals surface area contributed by atoms with Gasteiger partial charge in [0.2, 0.25) is 0 Å². The summed E-state index contributed by atoms with van der Waals surface area (Å²) in [6, 6.07) is 13.9. The topological polar surface area (TPSA) is 59.3 Å². The van der Waals surface area contributed by atoms with Crippen LogP contribution in [0.5, 0.6) is 0 Å². The number of hydrogen-bond donors (Lipinski definition) is 1. The molecule has 0 bridgehead atoms. The van der Waals surface area contributed by atoms with E-state index in [0.29, 0.717) is 16.6 Å². The highest BCUT2D eigenvalue weighted by atomic mass is 35.5. The lowest BCUT2D eigenvalue weighted by atomic mass is 9.87. The van der Waals surface area contributed by atoms with E-state index in [1.54, 1.807) is 6.07 Å². The van der Waals surface area contributed by atoms with Crippen LogP contribution in [0.3, 0.4) is 0 Å². The number of halogens is 2. The van der Waals surface area contributed by atoms with E-state index in [4.69, 9.17) is 27.6 Å². The van der Waals surface area contributed by atoms with Crippen LogP contribution in [0.25, 0.3) is 21.7 Å². The first-order valence-electron chi connectivity index (χ1n) is 9.77. The van der Waals surface area contributed by atoms with Crippen molar-refractivity contribution < 1.29 is 12.8 Å². The zero-order chi connectivity index (χ0) is 21.0. The van der Waals surface area contributed by atoms with E-state index in [9.17, 15) is 8.42 Å². The zero-order valence-electron chi connectivity index (χ0n) is 16.2. The number of fused-ring (bicyclic) bond motifs is 5. The minimum Gasteiger partial charge on any atom is -0.460 e. The number of sulfonamides is 1. The Morgan fingerprint density at radius 1 is 1.03 bits per heavy atom. The van der Waals surface area contributed by atoms with Gasteiger partial charge in [0.05, 0.1) is 10.7 Å². The molecular weight excluding hydrogens is 441 g/mol. The predicted molar refractivity (Wildman–Crippen MR) is 122 cm³/mol. The van der Waals surface area contributed by atoms with Crippen LogP contribution >= 0.6 is 23.2 Å². The fraction of sp³-hybridized carbons (Fsp3) is 0.217. The number of rotatable bonds is 3. The van der Waals surface area contributed by atoms with Crippen LogP contribution in [0, 0.1) is 5.92 Å². The van der Waals surface area contributed by atoms with E-state index >= 15 is 0 Å². The molecular formula is C23H19Cl2NO3S. The molecule has 30 heavy (non-hydrogen) atoms. The van der Waals surface area contributed by atoms with Gasteiger partial charge < -0.3 is 4.42 Å². The lowest BCUT2D eigenvalue weighted by Crippen LogP contribution is -2.14. The highest BCUT2D eigenvalue weighted by Gasteiger charge is 2.25. The van der Waals surface area contributed by atoms with Crippen molar-refractivity contribution in [3.05, 3.63) is 69.9 Å². The van der Waals surface area contributed by atoms with Gasteiger partial charge in [-0.3, -0.25) is 4.72 Å². The summed E-state index contributed by atoms with van der Waals surface area (Å²) in [6.07, 6.45) is 2.92. The zero-order valence-corrected chi connectivity index (χ0v) is 18.5. The summed E-state index contributed by atoms with van der Waals surface area (Å²) in [7, 11) is -3.94. The summed E-state index contributed by atoms with van der Waals surface area (Å²) in [5.74, 6) is 1.57. The van der Waals surface area contributed by atoms with Crippen molar-refractivity contribution in [1.29, 1.82) is 0 Å². The number of aryl methyl sites for hydroxylation is 1. The molecule has 154 valence electrons. The second-order valence-corrected chi connectivity index (χ2v) is 10.4. The molecule has 0 radical (unpaired) electrons. The van der Waals surface area contributed by atoms with Crippen LogP contribution < -0.4 is 4.72 Å². The summed E-state index contributed by atoms with van der Waals surface area (Å²) < 4.78 is 35.3. The first-order chi connectivity index (χ1) is 14.3. The summed E-state index contributed by atoms with van der Waals surface area (Å²) in [5, 5.41) is 3.03. The van der Waals surface area contributed by atoms with Gasteiger partial charge in [-0.15, -0.1) is 0 Å². The van der Waals surface area contributed by atoms with Crippen molar-refractivity contribution in [3.63, 3.8) is 0 Å². The largest absolute Gasteiger partial charge is 0.460 e. The van der Waals surface area contributed by atoms with Crippen molar-refractivity contribution >= 4 is 60.7 Å². The number of nitrogens with one attached hydrogen (secondary N) is 1. The average Bonchev–Trinajstić information content (AvgIpc) is 3.07. The lowest BCUT2D eigenvalue weighted by Gasteiger charge is -2.17. The molecule has 1 aliphatic rings. The Morgan fingerprint density at radius 2 is 1.80 bits per heavy atom. The molecule has 0 fully saturated rings. The molecule has 1 atom stereocenters.